The zero-order valence-corrected chi connectivity index (χ0v) is 8.82. The average Bonchev–Trinajstić information content (AvgIpc) is 2.36. The molecule has 0 aromatic carbocycles. The van der Waals surface area contributed by atoms with Crippen LogP contribution in [0.2, 0.25) is 0 Å². The van der Waals surface area contributed by atoms with Crippen LogP contribution in [-0.4, -0.2) is 46.5 Å². The van der Waals surface area contributed by atoms with E-state index in [9.17, 15) is 15.0 Å². The van der Waals surface area contributed by atoms with Crippen molar-refractivity contribution in [2.24, 2.45) is 0 Å². The van der Waals surface area contributed by atoms with Gasteiger partial charge < -0.3 is 19.7 Å². The van der Waals surface area contributed by atoms with E-state index in [4.69, 9.17) is 4.74 Å². The largest absolute Gasteiger partial charge is 0.467 e. The molecule has 0 fully saturated rings. The molecule has 0 aliphatic heterocycles. The maximum Gasteiger partial charge on any atom is 0.337 e. The Kier molecular flexibility index (Phi) is 4.15. The lowest BCUT2D eigenvalue weighted by molar-refractivity contribution is -0.156. The molecule has 0 saturated heterocycles. The van der Waals surface area contributed by atoms with E-state index in [-0.39, 0.29) is 11.6 Å². The van der Waals surface area contributed by atoms with E-state index < -0.39 is 18.2 Å². The number of aromatic nitrogens is 2. The molecular formula is C9H12N2O5. The maximum atomic E-state index is 11.0. The summed E-state index contributed by atoms with van der Waals surface area (Å²) in [4.78, 5) is 18.4. The number of aliphatic hydroxyl groups is 2. The molecule has 2 N–H and O–H groups in total. The predicted octanol–water partition coefficient (Wildman–Crippen LogP) is -0.948. The first-order valence-corrected chi connectivity index (χ1v) is 4.40. The van der Waals surface area contributed by atoms with Crippen LogP contribution in [0.3, 0.4) is 0 Å². The van der Waals surface area contributed by atoms with E-state index in [0.29, 0.717) is 0 Å². The van der Waals surface area contributed by atoms with Crippen LogP contribution in [-0.2, 0) is 9.53 Å². The minimum Gasteiger partial charge on any atom is -0.467 e. The third-order valence-electron chi connectivity index (χ3n) is 1.91. The number of nitrogens with zero attached hydrogens (tertiary/aromatic N) is 2. The fraction of sp³-hybridized carbons (Fsp3) is 0.444. The Bertz CT molecular complexity index is 353. The van der Waals surface area contributed by atoms with Gasteiger partial charge in [-0.1, -0.05) is 0 Å². The molecule has 7 nitrogen and oxygen atoms in total. The Hall–Kier alpha value is -1.73. The van der Waals surface area contributed by atoms with Crippen LogP contribution in [0.25, 0.3) is 0 Å². The molecule has 7 heteroatoms. The van der Waals surface area contributed by atoms with Crippen LogP contribution in [0, 0.1) is 0 Å². The van der Waals surface area contributed by atoms with Gasteiger partial charge in [-0.3, -0.25) is 0 Å². The normalized spacial score (nSPS) is 14.0. The van der Waals surface area contributed by atoms with E-state index in [1.807, 2.05) is 0 Å². The van der Waals surface area contributed by atoms with Gasteiger partial charge in [0.05, 0.1) is 14.2 Å². The molecule has 0 amide bonds. The fourth-order valence-electron chi connectivity index (χ4n) is 1.02. The topological polar surface area (TPSA) is 102 Å². The van der Waals surface area contributed by atoms with Crippen molar-refractivity contribution >= 4 is 5.97 Å². The number of methoxy groups -OCH3 is 2. The Morgan fingerprint density at radius 3 is 2.31 bits per heavy atom. The van der Waals surface area contributed by atoms with Gasteiger partial charge in [-0.05, 0) is 0 Å². The van der Waals surface area contributed by atoms with Gasteiger partial charge in [-0.25, -0.2) is 14.8 Å². The predicted molar refractivity (Wildman–Crippen MR) is 51.6 cm³/mol. The summed E-state index contributed by atoms with van der Waals surface area (Å²) >= 11 is 0. The number of aliphatic hydroxyl groups excluding tert-OH is 2. The highest BCUT2D eigenvalue weighted by molar-refractivity contribution is 5.75. The molecule has 1 heterocycles. The molecule has 2 unspecified atom stereocenters. The SMILES string of the molecule is COC(=O)C(O)C(O)c1cnc(OC)nc1. The summed E-state index contributed by atoms with van der Waals surface area (Å²) in [5.74, 6) is -0.927. The summed E-state index contributed by atoms with van der Waals surface area (Å²) < 4.78 is 9.01. The Morgan fingerprint density at radius 2 is 1.88 bits per heavy atom. The van der Waals surface area contributed by atoms with Crippen molar-refractivity contribution in [1.82, 2.24) is 9.97 Å². The second-order valence-electron chi connectivity index (χ2n) is 2.92. The van der Waals surface area contributed by atoms with Crippen molar-refractivity contribution in [2.45, 2.75) is 12.2 Å². The van der Waals surface area contributed by atoms with E-state index in [1.165, 1.54) is 19.5 Å². The summed E-state index contributed by atoms with van der Waals surface area (Å²) in [6, 6.07) is 0.128. The van der Waals surface area contributed by atoms with E-state index in [1.54, 1.807) is 0 Å². The summed E-state index contributed by atoms with van der Waals surface area (Å²) in [7, 11) is 2.51. The zero-order valence-electron chi connectivity index (χ0n) is 8.82. The van der Waals surface area contributed by atoms with Gasteiger partial charge in [0.1, 0.15) is 6.10 Å². The number of rotatable bonds is 4. The lowest BCUT2D eigenvalue weighted by Crippen LogP contribution is -2.29. The van der Waals surface area contributed by atoms with E-state index >= 15 is 0 Å². The van der Waals surface area contributed by atoms with Crippen molar-refractivity contribution in [3.05, 3.63) is 18.0 Å². The molecule has 16 heavy (non-hydrogen) atoms. The fourth-order valence-corrected chi connectivity index (χ4v) is 1.02. The van der Waals surface area contributed by atoms with Crippen molar-refractivity contribution in [3.63, 3.8) is 0 Å². The average molecular weight is 228 g/mol. The standard InChI is InChI=1S/C9H12N2O5/c1-15-8(14)7(13)6(12)5-3-10-9(16-2)11-4-5/h3-4,6-7,12-13H,1-2H3. The Labute approximate surface area is 91.7 Å². The number of hydrogen-bond acceptors (Lipinski definition) is 7. The van der Waals surface area contributed by atoms with Gasteiger partial charge >= 0.3 is 12.0 Å². The van der Waals surface area contributed by atoms with Crippen LogP contribution < -0.4 is 4.74 Å². The summed E-state index contributed by atoms with van der Waals surface area (Å²) in [6.45, 7) is 0. The second kappa shape index (κ2) is 5.38. The van der Waals surface area contributed by atoms with Crippen LogP contribution in [0.4, 0.5) is 0 Å². The molecule has 1 rings (SSSR count). The van der Waals surface area contributed by atoms with Crippen molar-refractivity contribution < 1.29 is 24.5 Å². The van der Waals surface area contributed by atoms with Gasteiger partial charge in [0.25, 0.3) is 0 Å². The van der Waals surface area contributed by atoms with Crippen molar-refractivity contribution in [2.75, 3.05) is 14.2 Å². The number of carbonyl (C=O) groups excluding carboxylic acids is 1. The van der Waals surface area contributed by atoms with E-state index in [0.717, 1.165) is 7.11 Å². The molecule has 0 saturated carbocycles. The lowest BCUT2D eigenvalue weighted by atomic mass is 10.1. The van der Waals surface area contributed by atoms with Gasteiger partial charge in [-0.15, -0.1) is 0 Å². The molecule has 2 atom stereocenters. The highest BCUT2D eigenvalue weighted by atomic mass is 16.5. The van der Waals surface area contributed by atoms with Gasteiger partial charge in [0, 0.05) is 18.0 Å². The summed E-state index contributed by atoms with van der Waals surface area (Å²) in [5, 5.41) is 18.9. The summed E-state index contributed by atoms with van der Waals surface area (Å²) in [5.41, 5.74) is 0.193. The molecule has 1 aromatic heterocycles. The molecule has 1 aromatic rings. The highest BCUT2D eigenvalue weighted by Crippen LogP contribution is 2.16. The quantitative estimate of drug-likeness (QED) is 0.640. The minimum atomic E-state index is -1.66. The number of hydrogen-bond donors (Lipinski definition) is 2. The molecule has 88 valence electrons. The number of carbonyl (C=O) groups is 1. The Balaban J connectivity index is 2.79. The highest BCUT2D eigenvalue weighted by Gasteiger charge is 2.26. The lowest BCUT2D eigenvalue weighted by Gasteiger charge is -2.15. The molecule has 0 bridgehead atoms. The van der Waals surface area contributed by atoms with Gasteiger partial charge in [0.15, 0.2) is 6.10 Å². The third-order valence-corrected chi connectivity index (χ3v) is 1.91. The Morgan fingerprint density at radius 1 is 1.31 bits per heavy atom. The number of esters is 1. The maximum absolute atomic E-state index is 11.0. The number of ether oxygens (including phenoxy) is 2. The van der Waals surface area contributed by atoms with Crippen LogP contribution in [0.15, 0.2) is 12.4 Å². The molecule has 0 spiro atoms. The summed E-state index contributed by atoms with van der Waals surface area (Å²) in [6.07, 6.45) is -0.592. The molecule has 0 radical (unpaired) electrons. The van der Waals surface area contributed by atoms with Crippen LogP contribution >= 0.6 is 0 Å². The molecule has 0 aliphatic rings. The van der Waals surface area contributed by atoms with Crippen molar-refractivity contribution in [3.8, 4) is 6.01 Å². The van der Waals surface area contributed by atoms with E-state index in [2.05, 4.69) is 14.7 Å². The minimum absolute atomic E-state index is 0.128. The van der Waals surface area contributed by atoms with Crippen molar-refractivity contribution in [1.29, 1.82) is 0 Å². The molecular weight excluding hydrogens is 216 g/mol. The smallest absolute Gasteiger partial charge is 0.337 e. The zero-order chi connectivity index (χ0) is 12.1. The third kappa shape index (κ3) is 2.65. The monoisotopic (exact) mass is 228 g/mol. The van der Waals surface area contributed by atoms with Crippen LogP contribution in [0.1, 0.15) is 11.7 Å². The van der Waals surface area contributed by atoms with Gasteiger partial charge in [0.2, 0.25) is 0 Å². The first-order chi connectivity index (χ1) is 7.60. The molecule has 0 aliphatic carbocycles. The van der Waals surface area contributed by atoms with Gasteiger partial charge in [-0.2, -0.15) is 0 Å². The first kappa shape index (κ1) is 12.3. The first-order valence-electron chi connectivity index (χ1n) is 4.40. The van der Waals surface area contributed by atoms with Crippen LogP contribution in [0.5, 0.6) is 6.01 Å². The second-order valence-corrected chi connectivity index (χ2v) is 2.92.